The van der Waals surface area contributed by atoms with Crippen LogP contribution in [0.15, 0.2) is 66.7 Å². The Morgan fingerprint density at radius 1 is 1.09 bits per heavy atom. The lowest BCUT2D eigenvalue weighted by atomic mass is 10.0. The molecule has 0 saturated carbocycles. The summed E-state index contributed by atoms with van der Waals surface area (Å²) in [6.45, 7) is 3.16. The maximum atomic E-state index is 13.3. The zero-order valence-corrected chi connectivity index (χ0v) is 20.8. The molecular weight excluding hydrogens is 492 g/mol. The molecule has 3 aromatic rings. The second kappa shape index (κ2) is 9.24. The minimum Gasteiger partial charge on any atom is -0.476 e. The van der Waals surface area contributed by atoms with Gasteiger partial charge in [0, 0.05) is 22.3 Å². The van der Waals surface area contributed by atoms with Crippen LogP contribution in [-0.2, 0) is 26.2 Å². The molecule has 1 N–H and O–H groups in total. The Hall–Kier alpha value is -3.56. The number of nitrogens with zero attached hydrogens (tertiary/aromatic N) is 1. The van der Waals surface area contributed by atoms with Crippen molar-refractivity contribution >= 4 is 50.6 Å². The summed E-state index contributed by atoms with van der Waals surface area (Å²) in [5, 5.41) is 0.377. The predicted octanol–water partition coefficient (Wildman–Crippen LogP) is 4.90. The average Bonchev–Trinajstić information content (AvgIpc) is 2.79. The molecule has 0 bridgehead atoms. The summed E-state index contributed by atoms with van der Waals surface area (Å²) in [5.74, 6) is -0.495. The Balaban J connectivity index is 1.67. The van der Waals surface area contributed by atoms with Gasteiger partial charge in [0.2, 0.25) is 10.0 Å². The molecule has 1 aliphatic rings. The number of sulfonamides is 1. The zero-order chi connectivity index (χ0) is 25.4. The monoisotopic (exact) mass is 514 g/mol. The molecule has 0 aliphatic carbocycles. The Bertz CT molecular complexity index is 1410. The molecule has 0 fully saturated rings. The minimum atomic E-state index is -3.50. The number of esters is 1. The van der Waals surface area contributed by atoms with Gasteiger partial charge in [-0.2, -0.15) is 0 Å². The minimum absolute atomic E-state index is 0.0909. The van der Waals surface area contributed by atoms with E-state index in [9.17, 15) is 18.0 Å². The molecule has 8 nitrogen and oxygen atoms in total. The topological polar surface area (TPSA) is 102 Å². The van der Waals surface area contributed by atoms with E-state index in [0.717, 1.165) is 6.26 Å². The standard InChI is InChI=1S/C25H23ClN2O6S/c1-25(2)24(30)28(21-12-9-18(14-22(21)34-25)27-35(3,31)32)19-10-11-20(26)17(13-19)15-33-23(29)16-7-5-4-6-8-16/h4-14,27H,15H2,1-3H3. The number of nitrogens with one attached hydrogen (secondary N) is 1. The molecule has 10 heteroatoms. The summed E-state index contributed by atoms with van der Waals surface area (Å²) in [4.78, 5) is 27.2. The molecule has 0 aromatic heterocycles. The first kappa shape index (κ1) is 24.6. The maximum absolute atomic E-state index is 13.3. The highest BCUT2D eigenvalue weighted by atomic mass is 35.5. The molecule has 0 radical (unpaired) electrons. The molecule has 182 valence electrons. The van der Waals surface area contributed by atoms with Crippen molar-refractivity contribution in [2.45, 2.75) is 26.1 Å². The average molecular weight is 515 g/mol. The van der Waals surface area contributed by atoms with Crippen molar-refractivity contribution in [1.82, 2.24) is 0 Å². The Morgan fingerprint density at radius 3 is 2.49 bits per heavy atom. The van der Waals surface area contributed by atoms with Crippen molar-refractivity contribution < 1.29 is 27.5 Å². The Morgan fingerprint density at radius 2 is 1.80 bits per heavy atom. The van der Waals surface area contributed by atoms with E-state index in [1.807, 2.05) is 0 Å². The van der Waals surface area contributed by atoms with E-state index in [1.165, 1.54) is 11.0 Å². The van der Waals surface area contributed by atoms with Gasteiger partial charge in [0.1, 0.15) is 12.4 Å². The number of rotatable bonds is 6. The van der Waals surface area contributed by atoms with Gasteiger partial charge in [0.05, 0.1) is 23.2 Å². The summed E-state index contributed by atoms with van der Waals surface area (Å²) in [7, 11) is -3.50. The van der Waals surface area contributed by atoms with Gasteiger partial charge in [-0.3, -0.25) is 14.4 Å². The van der Waals surface area contributed by atoms with E-state index in [0.29, 0.717) is 39.0 Å². The van der Waals surface area contributed by atoms with Crippen LogP contribution < -0.4 is 14.4 Å². The number of carbonyl (C=O) groups excluding carboxylic acids is 2. The highest BCUT2D eigenvalue weighted by Gasteiger charge is 2.42. The maximum Gasteiger partial charge on any atom is 0.338 e. The predicted molar refractivity (Wildman–Crippen MR) is 134 cm³/mol. The SMILES string of the molecule is CC1(C)Oc2cc(NS(C)(=O)=O)ccc2N(c2ccc(Cl)c(COC(=O)c3ccccc3)c2)C1=O. The quantitative estimate of drug-likeness (QED) is 0.469. The van der Waals surface area contributed by atoms with Gasteiger partial charge in [0.25, 0.3) is 5.91 Å². The first-order valence-corrected chi connectivity index (χ1v) is 12.9. The largest absolute Gasteiger partial charge is 0.476 e. The molecule has 0 atom stereocenters. The van der Waals surface area contributed by atoms with Gasteiger partial charge < -0.3 is 9.47 Å². The summed E-state index contributed by atoms with van der Waals surface area (Å²) in [6, 6.07) is 18.2. The lowest BCUT2D eigenvalue weighted by Gasteiger charge is -2.39. The molecule has 35 heavy (non-hydrogen) atoms. The van der Waals surface area contributed by atoms with Gasteiger partial charge in [-0.25, -0.2) is 13.2 Å². The van der Waals surface area contributed by atoms with E-state index >= 15 is 0 Å². The number of ether oxygens (including phenoxy) is 2. The fraction of sp³-hybridized carbons (Fsp3) is 0.200. The fourth-order valence-corrected chi connectivity index (χ4v) is 4.35. The molecule has 0 unspecified atom stereocenters. The van der Waals surface area contributed by atoms with Crippen molar-refractivity contribution in [2.75, 3.05) is 15.9 Å². The molecule has 1 aliphatic heterocycles. The van der Waals surface area contributed by atoms with Crippen LogP contribution in [0.1, 0.15) is 29.8 Å². The molecule has 1 heterocycles. The van der Waals surface area contributed by atoms with Crippen LogP contribution >= 0.6 is 11.6 Å². The number of anilines is 3. The zero-order valence-electron chi connectivity index (χ0n) is 19.2. The van der Waals surface area contributed by atoms with Gasteiger partial charge in [-0.15, -0.1) is 0 Å². The third kappa shape index (κ3) is 5.41. The second-order valence-corrected chi connectivity index (χ2v) is 10.7. The summed E-state index contributed by atoms with van der Waals surface area (Å²) >= 11 is 6.35. The highest BCUT2D eigenvalue weighted by molar-refractivity contribution is 7.92. The van der Waals surface area contributed by atoms with Gasteiger partial charge >= 0.3 is 5.97 Å². The molecule has 1 amide bonds. The number of amides is 1. The molecule has 0 spiro atoms. The second-order valence-electron chi connectivity index (χ2n) is 8.53. The van der Waals surface area contributed by atoms with Crippen LogP contribution in [0.2, 0.25) is 5.02 Å². The Labute approximate surface area is 208 Å². The fourth-order valence-electron chi connectivity index (χ4n) is 3.62. The van der Waals surface area contributed by atoms with E-state index in [1.54, 1.807) is 74.5 Å². The van der Waals surface area contributed by atoms with Crippen molar-refractivity contribution in [2.24, 2.45) is 0 Å². The van der Waals surface area contributed by atoms with Gasteiger partial charge in [-0.1, -0.05) is 29.8 Å². The third-order valence-electron chi connectivity index (χ3n) is 5.24. The van der Waals surface area contributed by atoms with Crippen LogP contribution in [0.5, 0.6) is 5.75 Å². The number of halogens is 1. The van der Waals surface area contributed by atoms with Crippen LogP contribution in [0.3, 0.4) is 0 Å². The number of fused-ring (bicyclic) bond motifs is 1. The molecule has 4 rings (SSSR count). The van der Waals surface area contributed by atoms with Crippen LogP contribution in [0, 0.1) is 0 Å². The summed E-state index contributed by atoms with van der Waals surface area (Å²) in [6.07, 6.45) is 1.05. The Kier molecular flexibility index (Phi) is 6.48. The van der Waals surface area contributed by atoms with Crippen LogP contribution in [-0.4, -0.2) is 32.2 Å². The number of hydrogen-bond donors (Lipinski definition) is 1. The van der Waals surface area contributed by atoms with Gasteiger partial charge in [-0.05, 0) is 56.3 Å². The van der Waals surface area contributed by atoms with E-state index in [-0.39, 0.29) is 12.5 Å². The number of benzene rings is 3. The molecule has 3 aromatic carbocycles. The summed E-state index contributed by atoms with van der Waals surface area (Å²) in [5.41, 5.74) is 0.936. The third-order valence-corrected chi connectivity index (χ3v) is 6.22. The van der Waals surface area contributed by atoms with Crippen LogP contribution in [0.25, 0.3) is 0 Å². The summed E-state index contributed by atoms with van der Waals surface area (Å²) < 4.78 is 37.0. The highest BCUT2D eigenvalue weighted by Crippen LogP contribution is 2.44. The van der Waals surface area contributed by atoms with Crippen molar-refractivity contribution in [3.63, 3.8) is 0 Å². The lowest BCUT2D eigenvalue weighted by Crippen LogP contribution is -2.50. The molecular formula is C25H23ClN2O6S. The van der Waals surface area contributed by atoms with Crippen molar-refractivity contribution in [3.8, 4) is 5.75 Å². The van der Waals surface area contributed by atoms with Crippen molar-refractivity contribution in [1.29, 1.82) is 0 Å². The lowest BCUT2D eigenvalue weighted by molar-refractivity contribution is -0.131. The van der Waals surface area contributed by atoms with E-state index in [4.69, 9.17) is 21.1 Å². The number of carbonyl (C=O) groups is 2. The van der Waals surface area contributed by atoms with E-state index in [2.05, 4.69) is 4.72 Å². The molecule has 0 saturated heterocycles. The van der Waals surface area contributed by atoms with E-state index < -0.39 is 21.6 Å². The number of hydrogen-bond acceptors (Lipinski definition) is 6. The first-order valence-electron chi connectivity index (χ1n) is 10.6. The first-order chi connectivity index (χ1) is 16.4. The smallest absolute Gasteiger partial charge is 0.338 e. The van der Waals surface area contributed by atoms with Gasteiger partial charge in [0.15, 0.2) is 5.60 Å². The van der Waals surface area contributed by atoms with Crippen LogP contribution in [0.4, 0.5) is 17.1 Å². The normalized spacial score (nSPS) is 14.6. The van der Waals surface area contributed by atoms with Crippen molar-refractivity contribution in [3.05, 3.63) is 82.9 Å².